The molecule has 0 N–H and O–H groups in total. The molecule has 0 aliphatic carbocycles. The normalized spacial score (nSPS) is 39.5. The van der Waals surface area contributed by atoms with E-state index in [0.717, 1.165) is 0 Å². The average Bonchev–Trinajstić information content (AvgIpc) is 3.05. The van der Waals surface area contributed by atoms with Gasteiger partial charge in [-0.3, -0.25) is 0 Å². The van der Waals surface area contributed by atoms with Crippen molar-refractivity contribution in [3.8, 4) is 0 Å². The highest BCUT2D eigenvalue weighted by atomic mass is 30.6. The molecule has 1 spiro atoms. The van der Waals surface area contributed by atoms with E-state index in [1.54, 1.807) is 12.8 Å². The Morgan fingerprint density at radius 1 is 0.667 bits per heavy atom. The third-order valence-corrected chi connectivity index (χ3v) is 97.6. The maximum atomic E-state index is 2.70. The van der Waals surface area contributed by atoms with E-state index in [9.17, 15) is 0 Å². The Morgan fingerprint density at radius 3 is 1.25 bits per heavy atom. The first kappa shape index (κ1) is 19.6. The van der Waals surface area contributed by atoms with Crippen LogP contribution in [0.2, 0.25) is 21.2 Å². The zero-order valence-corrected chi connectivity index (χ0v) is 22.6. The largest absolute Gasteiger partial charge is 0.0631 e. The molecule has 3 atom stereocenters. The summed E-state index contributed by atoms with van der Waals surface area (Å²) in [6.45, 7) is 30.8. The summed E-state index contributed by atoms with van der Waals surface area (Å²) in [5, 5.41) is 1.41. The van der Waals surface area contributed by atoms with Crippen molar-refractivity contribution in [1.82, 2.24) is 0 Å². The van der Waals surface area contributed by atoms with Gasteiger partial charge < -0.3 is 0 Å². The molecule has 3 aliphatic rings. The Kier molecular flexibility index (Phi) is 3.94. The van der Waals surface area contributed by atoms with E-state index >= 15 is 0 Å². The fourth-order valence-corrected chi connectivity index (χ4v) is 177. The quantitative estimate of drug-likeness (QED) is 0.410. The van der Waals surface area contributed by atoms with Crippen LogP contribution < -0.4 is 0 Å². The molecule has 3 rings (SSSR count). The van der Waals surface area contributed by atoms with Gasteiger partial charge >= 0.3 is 0 Å². The van der Waals surface area contributed by atoms with Gasteiger partial charge in [-0.1, -0.05) is 95.9 Å². The van der Waals surface area contributed by atoms with Crippen LogP contribution >= 0.6 is 0 Å². The van der Waals surface area contributed by atoms with Gasteiger partial charge in [0.05, 0.1) is 13.7 Å². The first-order valence-electron chi connectivity index (χ1n) is 10.2. The predicted molar refractivity (Wildman–Crippen MR) is 118 cm³/mol. The van der Waals surface area contributed by atoms with Crippen LogP contribution in [0.15, 0.2) is 0 Å². The van der Waals surface area contributed by atoms with Gasteiger partial charge in [0.15, 0.2) is 0 Å². The minimum atomic E-state index is -0.999. The summed E-state index contributed by atoms with van der Waals surface area (Å²) in [7, 11) is -0.967. The zero-order valence-electron chi connectivity index (χ0n) is 18.6. The maximum Gasteiger partial charge on any atom is 0.0631 e. The summed E-state index contributed by atoms with van der Waals surface area (Å²) in [5.41, 5.74) is 3.50. The number of hydrogen-bond donors (Lipinski definition) is 0. The van der Waals surface area contributed by atoms with E-state index in [1.807, 2.05) is 0 Å². The summed E-state index contributed by atoms with van der Waals surface area (Å²) >= 11 is 0. The second kappa shape index (κ2) is 4.82. The molecule has 0 aromatic heterocycles. The van der Waals surface area contributed by atoms with Gasteiger partial charge in [-0.25, -0.2) is 0 Å². The zero-order chi connectivity index (χ0) is 18.7. The Bertz CT molecular complexity index is 582. The van der Waals surface area contributed by atoms with Crippen molar-refractivity contribution in [1.29, 1.82) is 0 Å². The minimum absolute atomic E-state index is 0.0313. The monoisotopic (exact) mass is 394 g/mol. The van der Waals surface area contributed by atoms with Crippen LogP contribution in [0.1, 0.15) is 95.9 Å². The third kappa shape index (κ3) is 2.12. The van der Waals surface area contributed by atoms with Crippen molar-refractivity contribution in [3.63, 3.8) is 0 Å². The molecule has 3 unspecified atom stereocenters. The molecule has 3 aliphatic heterocycles. The SMILES string of the molecule is CC(C)(C)C1CCC(C(C)(C)C)[Si]12[Si]1=[Si](C(C)(C)C)[Si]12C(C)(C)C. The van der Waals surface area contributed by atoms with Gasteiger partial charge in [0.2, 0.25) is 0 Å². The fourth-order valence-electron chi connectivity index (χ4n) is 7.52. The Hall–Kier alpha value is 0.868. The number of rotatable bonds is 0. The van der Waals surface area contributed by atoms with Crippen LogP contribution in [0.3, 0.4) is 0 Å². The number of hydrogen-bond acceptors (Lipinski definition) is 0. The molecular weight excluding hydrogens is 353 g/mol. The summed E-state index contributed by atoms with van der Waals surface area (Å²) in [4.78, 5) is 0. The molecule has 0 radical (unpaired) electrons. The lowest BCUT2D eigenvalue weighted by atomic mass is 9.85. The molecule has 2 fully saturated rings. The molecule has 0 amide bonds. The molecule has 0 bridgehead atoms. The van der Waals surface area contributed by atoms with Crippen molar-refractivity contribution >= 4 is 28.1 Å². The van der Waals surface area contributed by atoms with Gasteiger partial charge in [-0.05, 0) is 46.3 Å². The second-order valence-electron chi connectivity index (χ2n) is 13.3. The maximum absolute atomic E-state index is 2.70. The van der Waals surface area contributed by atoms with E-state index in [-0.39, 0.29) is 14.3 Å². The van der Waals surface area contributed by atoms with E-state index in [0.29, 0.717) is 20.9 Å². The molecule has 138 valence electrons. The molecule has 3 heterocycles. The lowest BCUT2D eigenvalue weighted by molar-refractivity contribution is 0.356. The molecule has 0 aromatic carbocycles. The molecule has 4 heteroatoms. The van der Waals surface area contributed by atoms with Crippen molar-refractivity contribution in [2.75, 3.05) is 0 Å². The number of fused-ring (bicyclic) bond motifs is 3. The summed E-state index contributed by atoms with van der Waals surface area (Å²) in [6.07, 6.45) is 3.19. The molecule has 0 saturated carbocycles. The Balaban J connectivity index is 2.21. The highest BCUT2D eigenvalue weighted by Gasteiger charge is 2.96. The van der Waals surface area contributed by atoms with Crippen LogP contribution in [0.25, 0.3) is 0 Å². The Labute approximate surface area is 155 Å². The topological polar surface area (TPSA) is 0 Å². The molecule has 0 aromatic rings. The van der Waals surface area contributed by atoms with Gasteiger partial charge in [0.1, 0.15) is 0 Å². The van der Waals surface area contributed by atoms with E-state index < -0.39 is 13.7 Å². The minimum Gasteiger partial charge on any atom is -0.0628 e. The van der Waals surface area contributed by atoms with Crippen LogP contribution in [0, 0.1) is 10.8 Å². The fraction of sp³-hybridized carbons (Fsp3) is 1.00. The standard InChI is InChI=1S/C20H42Si4/c1-17(2,3)15-13-14-16(18(4,5)6)23(15)22-21(19(7,8)9)24(22,23)20(10,11)12/h15-16H,13-14H2,1-12H3. The van der Waals surface area contributed by atoms with Crippen LogP contribution in [-0.4, -0.2) is 28.1 Å². The van der Waals surface area contributed by atoms with E-state index in [1.165, 1.54) is 11.1 Å². The van der Waals surface area contributed by atoms with Crippen molar-refractivity contribution in [2.45, 2.75) is 117 Å². The van der Waals surface area contributed by atoms with Gasteiger partial charge in [0, 0.05) is 0 Å². The first-order chi connectivity index (χ1) is 10.5. The van der Waals surface area contributed by atoms with Crippen molar-refractivity contribution in [3.05, 3.63) is 0 Å². The lowest BCUT2D eigenvalue weighted by Gasteiger charge is -2.48. The van der Waals surface area contributed by atoms with Crippen LogP contribution in [0.5, 0.6) is 0 Å². The summed E-state index contributed by atoms with van der Waals surface area (Å²) in [5.74, 6) is 0. The second-order valence-corrected chi connectivity index (χ2v) is 53.6. The highest BCUT2D eigenvalue weighted by Crippen LogP contribution is 2.80. The smallest absolute Gasteiger partial charge is 0.0628 e. The summed E-state index contributed by atoms with van der Waals surface area (Å²) < 4.78 is 0. The highest BCUT2D eigenvalue weighted by molar-refractivity contribution is 8.37. The third-order valence-electron chi connectivity index (χ3n) is 7.72. The van der Waals surface area contributed by atoms with Crippen LogP contribution in [-0.2, 0) is 0 Å². The summed E-state index contributed by atoms with van der Waals surface area (Å²) in [6, 6.07) is 0. The van der Waals surface area contributed by atoms with Crippen molar-refractivity contribution < 1.29 is 0 Å². The van der Waals surface area contributed by atoms with Gasteiger partial charge in [-0.2, -0.15) is 0 Å². The molecule has 0 nitrogen and oxygen atoms in total. The van der Waals surface area contributed by atoms with E-state index in [2.05, 4.69) is 83.1 Å². The average molecular weight is 395 g/mol. The van der Waals surface area contributed by atoms with Gasteiger partial charge in [0.25, 0.3) is 0 Å². The molecule has 2 saturated heterocycles. The van der Waals surface area contributed by atoms with E-state index in [4.69, 9.17) is 0 Å². The molecular formula is C20H42Si4. The first-order valence-corrected chi connectivity index (χ1v) is 22.4. The van der Waals surface area contributed by atoms with Crippen molar-refractivity contribution in [2.24, 2.45) is 10.8 Å². The Morgan fingerprint density at radius 2 is 1.04 bits per heavy atom. The lowest BCUT2D eigenvalue weighted by Crippen LogP contribution is -2.58. The molecule has 24 heavy (non-hydrogen) atoms. The van der Waals surface area contributed by atoms with Gasteiger partial charge in [-0.15, -0.1) is 0 Å². The predicted octanol–water partition coefficient (Wildman–Crippen LogP) is 6.52. The van der Waals surface area contributed by atoms with Crippen LogP contribution in [0.4, 0.5) is 0 Å².